The van der Waals surface area contributed by atoms with E-state index in [0.717, 1.165) is 11.3 Å². The molecule has 0 aliphatic rings. The van der Waals surface area contributed by atoms with Gasteiger partial charge in [0.25, 0.3) is 0 Å². The third kappa shape index (κ3) is 4.39. The highest BCUT2D eigenvalue weighted by molar-refractivity contribution is 8.00. The molecule has 1 amide bonds. The number of nitrogens with zero attached hydrogens (tertiary/aromatic N) is 5. The summed E-state index contributed by atoms with van der Waals surface area (Å²) in [4.78, 5) is 12.3. The molecule has 26 heavy (non-hydrogen) atoms. The topological polar surface area (TPSA) is 108 Å². The zero-order valence-corrected chi connectivity index (χ0v) is 15.4. The van der Waals surface area contributed by atoms with E-state index in [1.54, 1.807) is 31.7 Å². The van der Waals surface area contributed by atoms with Crippen LogP contribution >= 0.6 is 11.8 Å². The molecule has 0 aliphatic carbocycles. The van der Waals surface area contributed by atoms with Crippen LogP contribution in [0.3, 0.4) is 0 Å². The van der Waals surface area contributed by atoms with Gasteiger partial charge in [0.2, 0.25) is 16.9 Å². The lowest BCUT2D eigenvalue weighted by molar-refractivity contribution is -0.115. The van der Waals surface area contributed by atoms with Crippen LogP contribution in [0.5, 0.6) is 5.75 Å². The average Bonchev–Trinajstić information content (AvgIpc) is 3.24. The molecule has 0 radical (unpaired) electrons. The van der Waals surface area contributed by atoms with Gasteiger partial charge in [-0.2, -0.15) is 0 Å². The highest BCUT2D eigenvalue weighted by atomic mass is 32.2. The molecule has 9 nitrogen and oxygen atoms in total. The highest BCUT2D eigenvalue weighted by Gasteiger charge is 2.20. The molecule has 0 fully saturated rings. The lowest BCUT2D eigenvalue weighted by Gasteiger charge is -2.10. The highest BCUT2D eigenvalue weighted by Crippen LogP contribution is 2.22. The molecule has 0 spiro atoms. The maximum atomic E-state index is 12.3. The summed E-state index contributed by atoms with van der Waals surface area (Å²) in [7, 11) is 1.62. The molecule has 136 valence electrons. The average molecular weight is 374 g/mol. The number of rotatable bonds is 7. The molecule has 10 heteroatoms. The molecule has 0 aliphatic heterocycles. The Bertz CT molecular complexity index is 876. The van der Waals surface area contributed by atoms with E-state index in [9.17, 15) is 4.79 Å². The van der Waals surface area contributed by atoms with Crippen molar-refractivity contribution < 1.29 is 14.1 Å². The number of amides is 1. The molecule has 3 aromatic rings. The first-order valence-corrected chi connectivity index (χ1v) is 8.73. The summed E-state index contributed by atoms with van der Waals surface area (Å²) >= 11 is 1.27. The van der Waals surface area contributed by atoms with Crippen molar-refractivity contribution in [1.29, 1.82) is 0 Å². The molecule has 1 aromatic carbocycles. The van der Waals surface area contributed by atoms with E-state index in [4.69, 9.17) is 9.26 Å². The number of hydrogen-bond donors (Lipinski definition) is 1. The van der Waals surface area contributed by atoms with Gasteiger partial charge in [0.05, 0.1) is 24.6 Å². The number of aryl methyl sites for hydroxylation is 1. The van der Waals surface area contributed by atoms with Crippen LogP contribution in [0.15, 0.2) is 40.0 Å². The van der Waals surface area contributed by atoms with Gasteiger partial charge in [-0.25, -0.2) is 4.68 Å². The predicted molar refractivity (Wildman–Crippen MR) is 95.1 cm³/mol. The first kappa shape index (κ1) is 17.9. The summed E-state index contributed by atoms with van der Waals surface area (Å²) in [5.74, 6) is 0.885. The van der Waals surface area contributed by atoms with E-state index >= 15 is 0 Å². The van der Waals surface area contributed by atoms with Gasteiger partial charge in [-0.3, -0.25) is 10.1 Å². The summed E-state index contributed by atoms with van der Waals surface area (Å²) in [6.07, 6.45) is 0. The largest absolute Gasteiger partial charge is 0.497 e. The van der Waals surface area contributed by atoms with Gasteiger partial charge in [0, 0.05) is 6.07 Å². The van der Waals surface area contributed by atoms with E-state index in [0.29, 0.717) is 23.3 Å². The number of tetrazole rings is 1. The minimum atomic E-state index is -0.416. The number of thioether (sulfide) groups is 1. The maximum Gasteiger partial charge on any atom is 0.240 e. The Hall–Kier alpha value is -2.88. The molecular weight excluding hydrogens is 356 g/mol. The van der Waals surface area contributed by atoms with Crippen molar-refractivity contribution in [2.75, 3.05) is 12.4 Å². The number of aromatic nitrogens is 5. The molecular formula is C16H18N6O3S. The van der Waals surface area contributed by atoms with E-state index < -0.39 is 5.25 Å². The van der Waals surface area contributed by atoms with Gasteiger partial charge in [-0.05, 0) is 42.0 Å². The lowest BCUT2D eigenvalue weighted by atomic mass is 10.2. The molecule has 2 aromatic heterocycles. The van der Waals surface area contributed by atoms with E-state index in [1.807, 2.05) is 24.3 Å². The molecule has 0 saturated heterocycles. The fraction of sp³-hybridized carbons (Fsp3) is 0.312. The fourth-order valence-electron chi connectivity index (χ4n) is 2.14. The van der Waals surface area contributed by atoms with Gasteiger partial charge in [-0.1, -0.05) is 29.1 Å². The lowest BCUT2D eigenvalue weighted by Crippen LogP contribution is -2.22. The van der Waals surface area contributed by atoms with Gasteiger partial charge in [0.1, 0.15) is 5.75 Å². The van der Waals surface area contributed by atoms with Crippen LogP contribution in [0.2, 0.25) is 0 Å². The Morgan fingerprint density at radius 3 is 2.81 bits per heavy atom. The van der Waals surface area contributed by atoms with Crippen molar-refractivity contribution in [1.82, 2.24) is 25.4 Å². The second-order valence-corrected chi connectivity index (χ2v) is 6.86. The minimum absolute atomic E-state index is 0.217. The Morgan fingerprint density at radius 2 is 2.15 bits per heavy atom. The number of carbonyl (C=O) groups excluding carboxylic acids is 1. The summed E-state index contributed by atoms with van der Waals surface area (Å²) in [5.41, 5.74) is 1.72. The van der Waals surface area contributed by atoms with Crippen LogP contribution in [0.25, 0.3) is 0 Å². The van der Waals surface area contributed by atoms with Gasteiger partial charge in [-0.15, -0.1) is 5.10 Å². The maximum absolute atomic E-state index is 12.3. The molecule has 3 rings (SSSR count). The molecule has 1 atom stereocenters. The number of hydrogen-bond acceptors (Lipinski definition) is 8. The number of nitrogens with one attached hydrogen (secondary N) is 1. The first-order valence-electron chi connectivity index (χ1n) is 7.85. The minimum Gasteiger partial charge on any atom is -0.497 e. The fourth-order valence-corrected chi connectivity index (χ4v) is 2.93. The van der Waals surface area contributed by atoms with E-state index in [2.05, 4.69) is 26.0 Å². The standard InChI is InChI=1S/C16H18N6O3S/c1-10-8-14(25-19-10)17-15(23)11(2)26-16-18-20-21-22(16)9-12-4-6-13(24-3)7-5-12/h4-8,11H,9H2,1-3H3,(H,17,23). The molecule has 1 unspecified atom stereocenters. The van der Waals surface area contributed by atoms with Gasteiger partial charge < -0.3 is 9.26 Å². The van der Waals surface area contributed by atoms with Crippen molar-refractivity contribution in [2.24, 2.45) is 0 Å². The van der Waals surface area contributed by atoms with Crippen LogP contribution in [0, 0.1) is 6.92 Å². The molecule has 1 N–H and O–H groups in total. The summed E-state index contributed by atoms with van der Waals surface area (Å²) in [6, 6.07) is 9.29. The second-order valence-electron chi connectivity index (χ2n) is 5.55. The number of methoxy groups -OCH3 is 1. The number of anilines is 1. The molecule has 0 saturated carbocycles. The normalized spacial score (nSPS) is 12.0. The van der Waals surface area contributed by atoms with Crippen LogP contribution < -0.4 is 10.1 Å². The monoisotopic (exact) mass is 374 g/mol. The Labute approximate surface area is 154 Å². The van der Waals surface area contributed by atoms with Crippen molar-refractivity contribution in [3.05, 3.63) is 41.6 Å². The molecule has 2 heterocycles. The summed E-state index contributed by atoms with van der Waals surface area (Å²) in [5, 5.41) is 18.3. The van der Waals surface area contributed by atoms with Crippen molar-refractivity contribution in [2.45, 2.75) is 30.8 Å². The number of ether oxygens (including phenoxy) is 1. The zero-order valence-electron chi connectivity index (χ0n) is 14.5. The second kappa shape index (κ2) is 8.00. The Kier molecular flexibility index (Phi) is 5.52. The quantitative estimate of drug-likeness (QED) is 0.627. The number of carbonyl (C=O) groups is 1. The van der Waals surface area contributed by atoms with E-state index in [1.165, 1.54) is 11.8 Å². The summed E-state index contributed by atoms with van der Waals surface area (Å²) in [6.45, 7) is 4.05. The van der Waals surface area contributed by atoms with Crippen molar-refractivity contribution in [3.8, 4) is 5.75 Å². The Morgan fingerprint density at radius 1 is 1.38 bits per heavy atom. The summed E-state index contributed by atoms with van der Waals surface area (Å²) < 4.78 is 11.8. The van der Waals surface area contributed by atoms with E-state index in [-0.39, 0.29) is 5.91 Å². The zero-order chi connectivity index (χ0) is 18.5. The van der Waals surface area contributed by atoms with Gasteiger partial charge in [0.15, 0.2) is 0 Å². The van der Waals surface area contributed by atoms with Crippen molar-refractivity contribution in [3.63, 3.8) is 0 Å². The van der Waals surface area contributed by atoms with Crippen LogP contribution in [0.1, 0.15) is 18.2 Å². The van der Waals surface area contributed by atoms with Crippen molar-refractivity contribution >= 4 is 23.6 Å². The first-order chi connectivity index (χ1) is 12.5. The van der Waals surface area contributed by atoms with Crippen LogP contribution in [-0.2, 0) is 11.3 Å². The van der Waals surface area contributed by atoms with Gasteiger partial charge >= 0.3 is 0 Å². The smallest absolute Gasteiger partial charge is 0.240 e. The number of benzene rings is 1. The third-order valence-electron chi connectivity index (χ3n) is 3.52. The van der Waals surface area contributed by atoms with Crippen LogP contribution in [-0.4, -0.2) is 43.6 Å². The van der Waals surface area contributed by atoms with Crippen LogP contribution in [0.4, 0.5) is 5.88 Å². The molecule has 0 bridgehead atoms. The third-order valence-corrected chi connectivity index (χ3v) is 4.59. The SMILES string of the molecule is COc1ccc(Cn2nnnc2SC(C)C(=O)Nc2cc(C)no2)cc1. The predicted octanol–water partition coefficient (Wildman–Crippen LogP) is 2.15. The Balaban J connectivity index is 1.62.